The number of fused-ring (bicyclic) bond motifs is 1. The summed E-state index contributed by atoms with van der Waals surface area (Å²) in [5.74, 6) is 0.215. The van der Waals surface area contributed by atoms with E-state index in [0.717, 1.165) is 53.0 Å². The molecule has 170 valence electrons. The summed E-state index contributed by atoms with van der Waals surface area (Å²) in [5.41, 5.74) is 6.97. The third kappa shape index (κ3) is 4.90. The summed E-state index contributed by atoms with van der Waals surface area (Å²) >= 11 is 0. The Bertz CT molecular complexity index is 1110. The Hall–Kier alpha value is -3.67. The standard InChI is InChI=1S/C27H29N3O3/c1-3-17-28-27(32)25-18(2)23-21(15-10-16-22(23)33-25)29-30-26(31)24(19-11-6-4-7-12-19)20-13-8-5-9-14-20/h4-9,11-14,24H,3,10,15-17H2,1-2H3,(H,28,32)(H,30,31)/b29-21+. The summed E-state index contributed by atoms with van der Waals surface area (Å²) in [6.07, 6.45) is 3.17. The lowest BCUT2D eigenvalue weighted by Gasteiger charge is -2.18. The zero-order valence-corrected chi connectivity index (χ0v) is 19.1. The van der Waals surface area contributed by atoms with Crippen LogP contribution in [0.1, 0.15) is 70.7 Å². The van der Waals surface area contributed by atoms with Gasteiger partial charge in [0, 0.05) is 24.1 Å². The number of carbonyl (C=O) groups is 2. The number of hydrazone groups is 1. The summed E-state index contributed by atoms with van der Waals surface area (Å²) in [4.78, 5) is 25.8. The van der Waals surface area contributed by atoms with Crippen LogP contribution in [0.25, 0.3) is 0 Å². The first-order chi connectivity index (χ1) is 16.1. The van der Waals surface area contributed by atoms with Crippen LogP contribution in [-0.4, -0.2) is 24.1 Å². The molecule has 6 heteroatoms. The number of benzene rings is 2. The maximum absolute atomic E-state index is 13.3. The van der Waals surface area contributed by atoms with Crippen molar-refractivity contribution >= 4 is 17.5 Å². The normalized spacial score (nSPS) is 14.2. The third-order valence-electron chi connectivity index (χ3n) is 5.90. The molecule has 3 aromatic rings. The van der Waals surface area contributed by atoms with Crippen LogP contribution >= 0.6 is 0 Å². The van der Waals surface area contributed by atoms with Crippen LogP contribution in [0, 0.1) is 6.92 Å². The minimum atomic E-state index is -0.472. The van der Waals surface area contributed by atoms with Crippen molar-refractivity contribution in [2.45, 2.75) is 45.4 Å². The quantitative estimate of drug-likeness (QED) is 0.519. The molecule has 0 spiro atoms. The first-order valence-corrected chi connectivity index (χ1v) is 11.5. The van der Waals surface area contributed by atoms with Gasteiger partial charge < -0.3 is 9.73 Å². The van der Waals surface area contributed by atoms with Crippen LogP contribution in [0.4, 0.5) is 0 Å². The predicted molar refractivity (Wildman–Crippen MR) is 128 cm³/mol. The van der Waals surface area contributed by atoms with Crippen LogP contribution < -0.4 is 10.7 Å². The van der Waals surface area contributed by atoms with E-state index >= 15 is 0 Å². The highest BCUT2D eigenvalue weighted by Gasteiger charge is 2.28. The second-order valence-corrected chi connectivity index (χ2v) is 8.25. The monoisotopic (exact) mass is 443 g/mol. The Labute approximate surface area is 194 Å². The molecule has 4 rings (SSSR count). The molecule has 0 saturated carbocycles. The molecule has 0 saturated heterocycles. The third-order valence-corrected chi connectivity index (χ3v) is 5.90. The molecule has 0 atom stereocenters. The van der Waals surface area contributed by atoms with E-state index in [9.17, 15) is 9.59 Å². The molecule has 33 heavy (non-hydrogen) atoms. The molecular formula is C27H29N3O3. The first kappa shape index (κ1) is 22.5. The Morgan fingerprint density at radius 2 is 1.64 bits per heavy atom. The molecule has 0 aliphatic heterocycles. The Balaban J connectivity index is 1.61. The molecule has 1 aliphatic carbocycles. The second-order valence-electron chi connectivity index (χ2n) is 8.25. The molecular weight excluding hydrogens is 414 g/mol. The molecule has 6 nitrogen and oxygen atoms in total. The van der Waals surface area contributed by atoms with Crippen molar-refractivity contribution in [1.82, 2.24) is 10.7 Å². The fraction of sp³-hybridized carbons (Fsp3) is 0.296. The number of carbonyl (C=O) groups excluding carboxylic acids is 2. The Morgan fingerprint density at radius 3 is 2.24 bits per heavy atom. The number of nitrogens with zero attached hydrogens (tertiary/aromatic N) is 1. The highest BCUT2D eigenvalue weighted by Crippen LogP contribution is 2.30. The molecule has 2 amide bonds. The number of aryl methyl sites for hydroxylation is 1. The van der Waals surface area contributed by atoms with Gasteiger partial charge in [-0.15, -0.1) is 0 Å². The van der Waals surface area contributed by atoms with Gasteiger partial charge in [-0.05, 0) is 37.3 Å². The zero-order valence-electron chi connectivity index (χ0n) is 19.1. The number of nitrogens with one attached hydrogen (secondary N) is 2. The molecule has 0 bridgehead atoms. The minimum Gasteiger partial charge on any atom is -0.455 e. The van der Waals surface area contributed by atoms with Crippen molar-refractivity contribution in [2.75, 3.05) is 6.54 Å². The van der Waals surface area contributed by atoms with Crippen molar-refractivity contribution in [3.63, 3.8) is 0 Å². The molecule has 0 unspecified atom stereocenters. The Kier molecular flexibility index (Phi) is 7.03. The van der Waals surface area contributed by atoms with E-state index in [0.29, 0.717) is 18.7 Å². The zero-order chi connectivity index (χ0) is 23.2. The van der Waals surface area contributed by atoms with E-state index in [1.54, 1.807) is 0 Å². The summed E-state index contributed by atoms with van der Waals surface area (Å²) < 4.78 is 5.91. The second kappa shape index (κ2) is 10.3. The highest BCUT2D eigenvalue weighted by molar-refractivity contribution is 6.06. The van der Waals surface area contributed by atoms with Gasteiger partial charge in [-0.2, -0.15) is 5.10 Å². The average Bonchev–Trinajstić information content (AvgIpc) is 3.20. The van der Waals surface area contributed by atoms with E-state index < -0.39 is 5.92 Å². The fourth-order valence-corrected chi connectivity index (χ4v) is 4.29. The molecule has 1 aliphatic rings. The van der Waals surface area contributed by atoms with Crippen LogP contribution in [0.15, 0.2) is 70.2 Å². The van der Waals surface area contributed by atoms with Crippen LogP contribution in [0.3, 0.4) is 0 Å². The maximum atomic E-state index is 13.3. The lowest BCUT2D eigenvalue weighted by molar-refractivity contribution is -0.121. The summed E-state index contributed by atoms with van der Waals surface area (Å²) in [6, 6.07) is 19.4. The van der Waals surface area contributed by atoms with Crippen molar-refractivity contribution in [3.05, 3.63) is 94.4 Å². The maximum Gasteiger partial charge on any atom is 0.287 e. The molecule has 1 heterocycles. The van der Waals surface area contributed by atoms with Gasteiger partial charge in [-0.3, -0.25) is 9.59 Å². The SMILES string of the molecule is CCCNC(=O)c1oc2c(c1C)/C(=N/NC(=O)C(c1ccccc1)c1ccccc1)CCC2. The van der Waals surface area contributed by atoms with Crippen LogP contribution in [-0.2, 0) is 11.2 Å². The van der Waals surface area contributed by atoms with Gasteiger partial charge in [0.2, 0.25) is 0 Å². The van der Waals surface area contributed by atoms with Crippen molar-refractivity contribution in [1.29, 1.82) is 0 Å². The molecule has 2 aromatic carbocycles. The average molecular weight is 444 g/mol. The van der Waals surface area contributed by atoms with E-state index in [1.807, 2.05) is 74.5 Å². The van der Waals surface area contributed by atoms with Crippen LogP contribution in [0.5, 0.6) is 0 Å². The van der Waals surface area contributed by atoms with E-state index in [2.05, 4.69) is 15.8 Å². The van der Waals surface area contributed by atoms with Gasteiger partial charge in [-0.1, -0.05) is 67.6 Å². The molecule has 1 aromatic heterocycles. The summed E-state index contributed by atoms with van der Waals surface area (Å²) in [6.45, 7) is 4.48. The largest absolute Gasteiger partial charge is 0.455 e. The van der Waals surface area contributed by atoms with Crippen molar-refractivity contribution in [3.8, 4) is 0 Å². The number of furan rings is 1. The van der Waals surface area contributed by atoms with Gasteiger partial charge >= 0.3 is 0 Å². The topological polar surface area (TPSA) is 83.7 Å². The van der Waals surface area contributed by atoms with Crippen molar-refractivity contribution < 1.29 is 14.0 Å². The summed E-state index contributed by atoms with van der Waals surface area (Å²) in [7, 11) is 0. The lowest BCUT2D eigenvalue weighted by atomic mass is 9.90. The number of hydrogen-bond acceptors (Lipinski definition) is 4. The number of amides is 2. The van der Waals surface area contributed by atoms with Gasteiger partial charge in [0.1, 0.15) is 5.76 Å². The van der Waals surface area contributed by atoms with E-state index in [1.165, 1.54) is 0 Å². The molecule has 0 fully saturated rings. The Morgan fingerprint density at radius 1 is 1.00 bits per heavy atom. The predicted octanol–water partition coefficient (Wildman–Crippen LogP) is 4.72. The van der Waals surface area contributed by atoms with E-state index in [-0.39, 0.29) is 11.8 Å². The fourth-order valence-electron chi connectivity index (χ4n) is 4.29. The molecule has 0 radical (unpaired) electrons. The minimum absolute atomic E-state index is 0.200. The van der Waals surface area contributed by atoms with E-state index in [4.69, 9.17) is 4.42 Å². The smallest absolute Gasteiger partial charge is 0.287 e. The van der Waals surface area contributed by atoms with Crippen LogP contribution in [0.2, 0.25) is 0 Å². The lowest BCUT2D eigenvalue weighted by Crippen LogP contribution is -2.28. The summed E-state index contributed by atoms with van der Waals surface area (Å²) in [5, 5.41) is 7.39. The van der Waals surface area contributed by atoms with Crippen molar-refractivity contribution in [2.24, 2.45) is 5.10 Å². The van der Waals surface area contributed by atoms with Gasteiger partial charge in [0.25, 0.3) is 11.8 Å². The van der Waals surface area contributed by atoms with Gasteiger partial charge in [0.15, 0.2) is 5.76 Å². The molecule has 2 N–H and O–H groups in total. The van der Waals surface area contributed by atoms with Gasteiger partial charge in [-0.25, -0.2) is 5.43 Å². The number of rotatable bonds is 7. The first-order valence-electron chi connectivity index (χ1n) is 11.5. The number of hydrogen-bond donors (Lipinski definition) is 2. The highest BCUT2D eigenvalue weighted by atomic mass is 16.4. The van der Waals surface area contributed by atoms with Gasteiger partial charge in [0.05, 0.1) is 11.6 Å².